The van der Waals surface area contributed by atoms with Gasteiger partial charge in [-0.05, 0) is 36.0 Å². The third-order valence-electron chi connectivity index (χ3n) is 3.00. The summed E-state index contributed by atoms with van der Waals surface area (Å²) in [5.74, 6) is -0.171. The number of benzene rings is 1. The standard InChI is InChI=1S/C14H9N3O6S2/c18-13-14(24-12(15-13)8-10-2-1-7-23-10)16-25(21,22)11-5-3-9(4-6-11)17(19)20/h1-8H,(H,15,18)/b12-8+,16-14?. The van der Waals surface area contributed by atoms with Gasteiger partial charge in [-0.25, -0.2) is 0 Å². The van der Waals surface area contributed by atoms with E-state index in [-0.39, 0.29) is 15.6 Å². The van der Waals surface area contributed by atoms with Crippen LogP contribution in [0, 0.1) is 10.1 Å². The van der Waals surface area contributed by atoms with Crippen molar-refractivity contribution >= 4 is 44.5 Å². The smallest absolute Gasteiger partial charge is 0.283 e. The van der Waals surface area contributed by atoms with Crippen LogP contribution in [0.5, 0.6) is 0 Å². The van der Waals surface area contributed by atoms with Crippen LogP contribution in [0.4, 0.5) is 5.69 Å². The zero-order chi connectivity index (χ0) is 18.0. The molecule has 25 heavy (non-hydrogen) atoms. The molecule has 1 amide bonds. The van der Waals surface area contributed by atoms with Crippen LogP contribution in [0.3, 0.4) is 0 Å². The minimum Gasteiger partial charge on any atom is -0.465 e. The van der Waals surface area contributed by atoms with Gasteiger partial charge in [0.15, 0.2) is 5.04 Å². The van der Waals surface area contributed by atoms with Crippen molar-refractivity contribution in [3.8, 4) is 0 Å². The van der Waals surface area contributed by atoms with Crippen LogP contribution in [-0.2, 0) is 14.8 Å². The highest BCUT2D eigenvalue weighted by molar-refractivity contribution is 8.20. The van der Waals surface area contributed by atoms with Gasteiger partial charge in [-0.15, -0.1) is 4.40 Å². The molecule has 9 nitrogen and oxygen atoms in total. The maximum absolute atomic E-state index is 12.2. The van der Waals surface area contributed by atoms with Crippen LogP contribution in [0.15, 0.2) is 61.4 Å². The summed E-state index contributed by atoms with van der Waals surface area (Å²) in [4.78, 5) is 21.6. The van der Waals surface area contributed by atoms with Crippen molar-refractivity contribution in [3.05, 3.63) is 63.6 Å². The highest BCUT2D eigenvalue weighted by atomic mass is 32.2. The van der Waals surface area contributed by atoms with E-state index in [2.05, 4.69) is 9.71 Å². The summed E-state index contributed by atoms with van der Waals surface area (Å²) in [7, 11) is -4.17. The summed E-state index contributed by atoms with van der Waals surface area (Å²) in [6, 6.07) is 7.57. The Morgan fingerprint density at radius 1 is 1.24 bits per heavy atom. The average molecular weight is 379 g/mol. The van der Waals surface area contributed by atoms with Gasteiger partial charge in [0.05, 0.1) is 21.1 Å². The largest absolute Gasteiger partial charge is 0.465 e. The molecule has 0 atom stereocenters. The number of nitro benzene ring substituents is 1. The topological polar surface area (TPSA) is 132 Å². The number of rotatable bonds is 4. The molecule has 1 saturated heterocycles. The second kappa shape index (κ2) is 6.53. The summed E-state index contributed by atoms with van der Waals surface area (Å²) < 4.78 is 33.1. The summed E-state index contributed by atoms with van der Waals surface area (Å²) in [5, 5.41) is 13.2. The van der Waals surface area contributed by atoms with E-state index in [9.17, 15) is 23.3 Å². The fourth-order valence-corrected chi connectivity index (χ4v) is 3.87. The molecular formula is C14H9N3O6S2. The normalized spacial score (nSPS) is 17.8. The Hall–Kier alpha value is -2.92. The van der Waals surface area contributed by atoms with Gasteiger partial charge in [-0.1, -0.05) is 0 Å². The second-order valence-corrected chi connectivity index (χ2v) is 7.34. The van der Waals surface area contributed by atoms with Gasteiger partial charge in [-0.3, -0.25) is 14.9 Å². The summed E-state index contributed by atoms with van der Waals surface area (Å²) in [6.45, 7) is 0. The van der Waals surface area contributed by atoms with Gasteiger partial charge < -0.3 is 9.73 Å². The Morgan fingerprint density at radius 3 is 2.56 bits per heavy atom. The molecule has 1 aliphatic heterocycles. The number of carbonyl (C=O) groups excluding carboxylic acids is 1. The van der Waals surface area contributed by atoms with Gasteiger partial charge in [-0.2, -0.15) is 8.42 Å². The van der Waals surface area contributed by atoms with E-state index in [1.54, 1.807) is 12.1 Å². The number of nitro groups is 1. The first-order valence-electron chi connectivity index (χ1n) is 6.69. The lowest BCUT2D eigenvalue weighted by atomic mass is 10.3. The van der Waals surface area contributed by atoms with Gasteiger partial charge in [0, 0.05) is 18.2 Å². The summed E-state index contributed by atoms with van der Waals surface area (Å²) in [6.07, 6.45) is 2.99. The molecule has 1 fully saturated rings. The molecule has 3 rings (SSSR count). The fourth-order valence-electron chi connectivity index (χ4n) is 1.87. The van der Waals surface area contributed by atoms with Gasteiger partial charge in [0.2, 0.25) is 0 Å². The molecule has 0 saturated carbocycles. The SMILES string of the molecule is O=C1N/C(=C\c2ccco2)SC1=NS(=O)(=O)c1ccc([N+](=O)[O-])cc1. The summed E-state index contributed by atoms with van der Waals surface area (Å²) >= 11 is 0.850. The van der Waals surface area contributed by atoms with Crippen molar-refractivity contribution in [2.75, 3.05) is 0 Å². The Labute approximate surface area is 145 Å². The second-order valence-electron chi connectivity index (χ2n) is 4.70. The van der Waals surface area contributed by atoms with Crippen LogP contribution < -0.4 is 5.32 Å². The lowest BCUT2D eigenvalue weighted by Crippen LogP contribution is -2.19. The highest BCUT2D eigenvalue weighted by Crippen LogP contribution is 2.27. The van der Waals surface area contributed by atoms with E-state index >= 15 is 0 Å². The van der Waals surface area contributed by atoms with Crippen molar-refractivity contribution in [1.82, 2.24) is 5.32 Å². The molecule has 2 heterocycles. The molecular weight excluding hydrogens is 370 g/mol. The molecule has 2 aromatic rings. The van der Waals surface area contributed by atoms with Crippen molar-refractivity contribution in [2.45, 2.75) is 4.90 Å². The quantitative estimate of drug-likeness (QED) is 0.635. The Bertz CT molecular complexity index is 992. The third kappa shape index (κ3) is 3.78. The first-order chi connectivity index (χ1) is 11.8. The fraction of sp³-hybridized carbons (Fsp3) is 0. The van der Waals surface area contributed by atoms with Crippen molar-refractivity contribution in [1.29, 1.82) is 0 Å². The van der Waals surface area contributed by atoms with Crippen molar-refractivity contribution < 1.29 is 22.6 Å². The molecule has 11 heteroatoms. The number of sulfonamides is 1. The third-order valence-corrected chi connectivity index (χ3v) is 5.32. The van der Waals surface area contributed by atoms with Gasteiger partial charge in [0.25, 0.3) is 21.6 Å². The molecule has 0 unspecified atom stereocenters. The minimum atomic E-state index is -4.17. The zero-order valence-corrected chi connectivity index (χ0v) is 13.9. The van der Waals surface area contributed by atoms with Crippen molar-refractivity contribution in [3.63, 3.8) is 0 Å². The average Bonchev–Trinajstić information content (AvgIpc) is 3.18. The lowest BCUT2D eigenvalue weighted by Gasteiger charge is -1.99. The van der Waals surface area contributed by atoms with Crippen molar-refractivity contribution in [2.24, 2.45) is 4.40 Å². The maximum atomic E-state index is 12.2. The number of nitrogens with zero attached hydrogens (tertiary/aromatic N) is 2. The molecule has 0 spiro atoms. The Kier molecular flexibility index (Phi) is 4.42. The summed E-state index contributed by atoms with van der Waals surface area (Å²) in [5.41, 5.74) is -0.247. The molecule has 1 aromatic carbocycles. The number of hydrogen-bond donors (Lipinski definition) is 1. The number of nitrogens with one attached hydrogen (secondary N) is 1. The number of hydrogen-bond acceptors (Lipinski definition) is 7. The Morgan fingerprint density at radius 2 is 1.96 bits per heavy atom. The lowest BCUT2D eigenvalue weighted by molar-refractivity contribution is -0.384. The van der Waals surface area contributed by atoms with Gasteiger partial charge in [0.1, 0.15) is 5.76 Å². The molecule has 1 aliphatic rings. The van der Waals surface area contributed by atoms with E-state index in [1.807, 2.05) is 0 Å². The van der Waals surface area contributed by atoms with E-state index in [0.717, 1.165) is 36.0 Å². The molecule has 1 aromatic heterocycles. The van der Waals surface area contributed by atoms with Crippen LogP contribution in [0.1, 0.15) is 5.76 Å². The first-order valence-corrected chi connectivity index (χ1v) is 8.95. The molecule has 0 bridgehead atoms. The molecule has 0 aliphatic carbocycles. The van der Waals surface area contributed by atoms with E-state index in [1.165, 1.54) is 12.3 Å². The van der Waals surface area contributed by atoms with Crippen LogP contribution in [0.25, 0.3) is 6.08 Å². The first kappa shape index (κ1) is 16.9. The number of carbonyl (C=O) groups is 1. The number of furan rings is 1. The van der Waals surface area contributed by atoms with Crippen LogP contribution in [-0.4, -0.2) is 24.3 Å². The monoisotopic (exact) mass is 379 g/mol. The molecule has 128 valence electrons. The highest BCUT2D eigenvalue weighted by Gasteiger charge is 2.28. The van der Waals surface area contributed by atoms with Crippen LogP contribution in [0.2, 0.25) is 0 Å². The minimum absolute atomic E-state index is 0.247. The van der Waals surface area contributed by atoms with E-state index < -0.39 is 20.9 Å². The predicted molar refractivity (Wildman–Crippen MR) is 90.1 cm³/mol. The zero-order valence-electron chi connectivity index (χ0n) is 12.3. The molecule has 1 N–H and O–H groups in total. The predicted octanol–water partition coefficient (Wildman–Crippen LogP) is 2.14. The van der Waals surface area contributed by atoms with E-state index in [0.29, 0.717) is 10.8 Å². The number of thioether (sulfide) groups is 1. The van der Waals surface area contributed by atoms with Crippen LogP contribution >= 0.6 is 11.8 Å². The number of amides is 1. The molecule has 0 radical (unpaired) electrons. The maximum Gasteiger partial charge on any atom is 0.283 e. The van der Waals surface area contributed by atoms with E-state index in [4.69, 9.17) is 4.42 Å². The number of non-ortho nitro benzene ring substituents is 1. The van der Waals surface area contributed by atoms with Gasteiger partial charge >= 0.3 is 0 Å². The Balaban J connectivity index is 1.86.